The number of hydrogen-bond donors (Lipinski definition) is 2. The number of para-hydroxylation sites is 1. The predicted molar refractivity (Wildman–Crippen MR) is 131 cm³/mol. The van der Waals surface area contributed by atoms with Gasteiger partial charge in [0, 0.05) is 31.4 Å². The van der Waals surface area contributed by atoms with Gasteiger partial charge in [0.1, 0.15) is 12.1 Å². The fourth-order valence-corrected chi connectivity index (χ4v) is 5.18. The van der Waals surface area contributed by atoms with E-state index >= 15 is 0 Å². The molecule has 0 atom stereocenters. The summed E-state index contributed by atoms with van der Waals surface area (Å²) >= 11 is 0. The Morgan fingerprint density at radius 1 is 1.06 bits per heavy atom. The van der Waals surface area contributed by atoms with E-state index in [-0.39, 0.29) is 5.91 Å². The number of nitrogens with zero attached hydrogens (tertiary/aromatic N) is 2. The molecule has 3 N–H and O–H groups in total. The van der Waals surface area contributed by atoms with Crippen molar-refractivity contribution in [3.63, 3.8) is 0 Å². The molecule has 0 unspecified atom stereocenters. The maximum Gasteiger partial charge on any atom is 0.404 e. The molecule has 0 bridgehead atoms. The molecular formula is C26H34N4O4. The summed E-state index contributed by atoms with van der Waals surface area (Å²) in [5.41, 5.74) is 6.53. The summed E-state index contributed by atoms with van der Waals surface area (Å²) in [4.78, 5) is 42.0. The number of aromatic nitrogens is 1. The van der Waals surface area contributed by atoms with Crippen LogP contribution in [0.3, 0.4) is 0 Å². The first kappa shape index (κ1) is 24.0. The Kier molecular flexibility index (Phi) is 7.98. The Morgan fingerprint density at radius 2 is 1.76 bits per heavy atom. The topological polar surface area (TPSA) is 115 Å². The molecule has 2 amide bonds. The SMILES string of the molecule is NC(=O)OC[C@H]1CC[C@H](CNC(=O)c2cc(N3CCC(CC=O)CC3)nc3ccccc23)CC1. The molecule has 4 rings (SSSR count). The summed E-state index contributed by atoms with van der Waals surface area (Å²) in [5, 5.41) is 4.00. The van der Waals surface area contributed by atoms with Gasteiger partial charge in [0.25, 0.3) is 5.91 Å². The molecule has 1 aliphatic carbocycles. The van der Waals surface area contributed by atoms with Gasteiger partial charge in [0.05, 0.1) is 17.7 Å². The van der Waals surface area contributed by atoms with Crippen LogP contribution in [0.5, 0.6) is 0 Å². The van der Waals surface area contributed by atoms with Crippen molar-refractivity contribution in [1.82, 2.24) is 10.3 Å². The number of carbonyl (C=O) groups is 3. The van der Waals surface area contributed by atoms with E-state index in [1.165, 1.54) is 0 Å². The van der Waals surface area contributed by atoms with Crippen molar-refractivity contribution in [3.8, 4) is 0 Å². The van der Waals surface area contributed by atoms with Crippen molar-refractivity contribution in [1.29, 1.82) is 0 Å². The van der Waals surface area contributed by atoms with Crippen LogP contribution in [0.15, 0.2) is 30.3 Å². The number of pyridine rings is 1. The third-order valence-electron chi connectivity index (χ3n) is 7.29. The number of amides is 2. The maximum absolute atomic E-state index is 13.2. The predicted octanol–water partition coefficient (Wildman–Crippen LogP) is 3.67. The molecule has 1 aliphatic heterocycles. The molecule has 0 radical (unpaired) electrons. The fraction of sp³-hybridized carbons (Fsp3) is 0.538. The Balaban J connectivity index is 1.39. The number of hydrogen-bond acceptors (Lipinski definition) is 6. The number of nitrogens with two attached hydrogens (primary N) is 1. The van der Waals surface area contributed by atoms with E-state index in [1.807, 2.05) is 30.3 Å². The number of rotatable bonds is 8. The molecule has 1 saturated heterocycles. The van der Waals surface area contributed by atoms with E-state index in [2.05, 4.69) is 10.2 Å². The van der Waals surface area contributed by atoms with Crippen molar-refractivity contribution in [3.05, 3.63) is 35.9 Å². The highest BCUT2D eigenvalue weighted by molar-refractivity contribution is 6.07. The van der Waals surface area contributed by atoms with Crippen LogP contribution >= 0.6 is 0 Å². The number of aldehydes is 1. The van der Waals surface area contributed by atoms with Gasteiger partial charge in [-0.25, -0.2) is 9.78 Å². The third-order valence-corrected chi connectivity index (χ3v) is 7.29. The second kappa shape index (κ2) is 11.3. The maximum atomic E-state index is 13.2. The Bertz CT molecular complexity index is 1010. The minimum Gasteiger partial charge on any atom is -0.449 e. The summed E-state index contributed by atoms with van der Waals surface area (Å²) in [5.74, 6) is 1.95. The van der Waals surface area contributed by atoms with Gasteiger partial charge in [-0.15, -0.1) is 0 Å². The first-order chi connectivity index (χ1) is 16.5. The Morgan fingerprint density at radius 3 is 2.47 bits per heavy atom. The van der Waals surface area contributed by atoms with Crippen LogP contribution in [0.4, 0.5) is 10.6 Å². The van der Waals surface area contributed by atoms with Crippen LogP contribution in [-0.4, -0.2) is 49.5 Å². The average Bonchev–Trinajstić information content (AvgIpc) is 2.86. The standard InChI is InChI=1S/C26H34N4O4/c27-26(33)34-17-20-7-5-19(6-8-20)16-28-25(32)22-15-24(29-23-4-2-1-3-21(22)23)30-12-9-18(10-13-30)11-14-31/h1-4,14-15,18-20H,5-13,16-17H2,(H2,27,33)(H,28,32)/t19-,20-. The highest BCUT2D eigenvalue weighted by Crippen LogP contribution is 2.30. The quantitative estimate of drug-likeness (QED) is 0.574. The van der Waals surface area contributed by atoms with E-state index < -0.39 is 6.09 Å². The average molecular weight is 467 g/mol. The second-order valence-corrected chi connectivity index (χ2v) is 9.60. The zero-order valence-corrected chi connectivity index (χ0v) is 19.6. The lowest BCUT2D eigenvalue weighted by atomic mass is 9.82. The lowest BCUT2D eigenvalue weighted by Crippen LogP contribution is -2.35. The van der Waals surface area contributed by atoms with Crippen LogP contribution in [0.1, 0.15) is 55.3 Å². The van der Waals surface area contributed by atoms with E-state index in [0.717, 1.165) is 74.6 Å². The molecule has 0 spiro atoms. The zero-order valence-electron chi connectivity index (χ0n) is 19.6. The van der Waals surface area contributed by atoms with Crippen LogP contribution in [-0.2, 0) is 9.53 Å². The van der Waals surface area contributed by atoms with Gasteiger partial charge < -0.3 is 25.5 Å². The van der Waals surface area contributed by atoms with Crippen molar-refractivity contribution >= 4 is 35.0 Å². The highest BCUT2D eigenvalue weighted by atomic mass is 16.5. The molecule has 8 heteroatoms. The number of fused-ring (bicyclic) bond motifs is 1. The van der Waals surface area contributed by atoms with E-state index in [9.17, 15) is 14.4 Å². The Labute approximate surface area is 200 Å². The molecule has 1 aromatic carbocycles. The van der Waals surface area contributed by atoms with Gasteiger partial charge in [-0.3, -0.25) is 4.79 Å². The van der Waals surface area contributed by atoms with E-state index in [1.54, 1.807) is 0 Å². The summed E-state index contributed by atoms with van der Waals surface area (Å²) < 4.78 is 4.94. The molecule has 182 valence electrons. The van der Waals surface area contributed by atoms with Crippen molar-refractivity contribution < 1.29 is 19.1 Å². The number of primary amides is 1. The third kappa shape index (κ3) is 6.04. The largest absolute Gasteiger partial charge is 0.449 e. The number of anilines is 1. The van der Waals surface area contributed by atoms with Gasteiger partial charge >= 0.3 is 6.09 Å². The minimum absolute atomic E-state index is 0.0742. The first-order valence-corrected chi connectivity index (χ1v) is 12.3. The molecule has 34 heavy (non-hydrogen) atoms. The second-order valence-electron chi connectivity index (χ2n) is 9.60. The van der Waals surface area contributed by atoms with Crippen LogP contribution in [0, 0.1) is 17.8 Å². The molecule has 2 fully saturated rings. The number of carbonyl (C=O) groups excluding carboxylic acids is 3. The number of ether oxygens (including phenoxy) is 1. The molecule has 1 aromatic heterocycles. The number of nitrogens with one attached hydrogen (secondary N) is 1. The summed E-state index contributed by atoms with van der Waals surface area (Å²) in [6, 6.07) is 9.68. The smallest absolute Gasteiger partial charge is 0.404 e. The number of piperidine rings is 1. The molecule has 2 aromatic rings. The van der Waals surface area contributed by atoms with Crippen LogP contribution in [0.25, 0.3) is 10.9 Å². The van der Waals surface area contributed by atoms with Gasteiger partial charge in [-0.05, 0) is 68.4 Å². The zero-order chi connectivity index (χ0) is 23.9. The molecule has 2 aliphatic rings. The van der Waals surface area contributed by atoms with Crippen molar-refractivity contribution in [2.45, 2.75) is 44.9 Å². The van der Waals surface area contributed by atoms with E-state index in [4.69, 9.17) is 15.5 Å². The highest BCUT2D eigenvalue weighted by Gasteiger charge is 2.24. The van der Waals surface area contributed by atoms with Gasteiger partial charge in [0.15, 0.2) is 0 Å². The summed E-state index contributed by atoms with van der Waals surface area (Å²) in [6.07, 6.45) is 6.75. The van der Waals surface area contributed by atoms with Crippen molar-refractivity contribution in [2.75, 3.05) is 31.1 Å². The summed E-state index contributed by atoms with van der Waals surface area (Å²) in [7, 11) is 0. The normalized spacial score (nSPS) is 21.2. The van der Waals surface area contributed by atoms with Crippen LogP contribution in [0.2, 0.25) is 0 Å². The minimum atomic E-state index is -0.719. The monoisotopic (exact) mass is 466 g/mol. The molecule has 1 saturated carbocycles. The summed E-state index contributed by atoms with van der Waals surface area (Å²) in [6.45, 7) is 2.69. The first-order valence-electron chi connectivity index (χ1n) is 12.3. The van der Waals surface area contributed by atoms with E-state index in [0.29, 0.717) is 42.9 Å². The van der Waals surface area contributed by atoms with Crippen LogP contribution < -0.4 is 16.0 Å². The van der Waals surface area contributed by atoms with Crippen molar-refractivity contribution in [2.24, 2.45) is 23.5 Å². The molecule has 8 nitrogen and oxygen atoms in total. The molecular weight excluding hydrogens is 432 g/mol. The Hall–Kier alpha value is -3.16. The van der Waals surface area contributed by atoms with Gasteiger partial charge in [-0.1, -0.05) is 18.2 Å². The van der Waals surface area contributed by atoms with Gasteiger partial charge in [-0.2, -0.15) is 0 Å². The molecule has 2 heterocycles. The lowest BCUT2D eigenvalue weighted by molar-refractivity contribution is -0.108. The lowest BCUT2D eigenvalue weighted by Gasteiger charge is -2.32. The van der Waals surface area contributed by atoms with Gasteiger partial charge in [0.2, 0.25) is 0 Å². The fourth-order valence-electron chi connectivity index (χ4n) is 5.18. The number of benzene rings is 1.